The van der Waals surface area contributed by atoms with Gasteiger partial charge in [-0.25, -0.2) is 9.59 Å². The minimum absolute atomic E-state index is 0.325. The van der Waals surface area contributed by atoms with Gasteiger partial charge in [0.05, 0.1) is 17.8 Å². The Morgan fingerprint density at radius 2 is 1.86 bits per heavy atom. The van der Waals surface area contributed by atoms with Gasteiger partial charge in [0, 0.05) is 34.1 Å². The molecule has 0 atom stereocenters. The molecule has 0 aliphatic carbocycles. The van der Waals surface area contributed by atoms with Gasteiger partial charge in [-0.1, -0.05) is 22.3 Å². The molecule has 3 heterocycles. The molecule has 0 radical (unpaired) electrons. The number of allylic oxidation sites excluding steroid dienone is 2. The molecule has 190 valence electrons. The molecule has 12 heteroatoms. The van der Waals surface area contributed by atoms with E-state index in [2.05, 4.69) is 32.1 Å². The van der Waals surface area contributed by atoms with E-state index in [1.807, 2.05) is 24.3 Å². The highest BCUT2D eigenvalue weighted by molar-refractivity contribution is 9.10. The van der Waals surface area contributed by atoms with E-state index >= 15 is 0 Å². The van der Waals surface area contributed by atoms with Gasteiger partial charge in [0.15, 0.2) is 5.76 Å². The molecule has 0 saturated carbocycles. The van der Waals surface area contributed by atoms with Crippen LogP contribution in [0.3, 0.4) is 0 Å². The smallest absolute Gasteiger partial charge is 0.442 e. The topological polar surface area (TPSA) is 142 Å². The molecular weight excluding hydrogens is 546 g/mol. The number of benzene rings is 1. The Bertz CT molecular complexity index is 1350. The second kappa shape index (κ2) is 11.9. The Morgan fingerprint density at radius 3 is 2.43 bits per heavy atom. The first kappa shape index (κ1) is 27.0. The van der Waals surface area contributed by atoms with Crippen LogP contribution in [0.15, 0.2) is 82.4 Å². The fourth-order valence-corrected chi connectivity index (χ4v) is 3.14. The predicted octanol–water partition coefficient (Wildman–Crippen LogP) is 6.13. The Hall–Kier alpha value is -4.63. The SMILES string of the molecule is CC(C)(C)OC(=O)N(C(=O)O)N1C=CC=CO1.N#Cc1ccc(-c2cc(-c3cncc(Br)c3)on2)cc1. The van der Waals surface area contributed by atoms with Crippen LogP contribution in [0.1, 0.15) is 26.3 Å². The van der Waals surface area contributed by atoms with Crippen molar-refractivity contribution in [2.75, 3.05) is 0 Å². The molecule has 1 aromatic carbocycles. The Kier molecular flexibility index (Phi) is 8.65. The lowest BCUT2D eigenvalue weighted by atomic mass is 10.1. The van der Waals surface area contributed by atoms with Crippen LogP contribution in [0.5, 0.6) is 0 Å². The fraction of sp³-hybridized carbons (Fsp3) is 0.160. The summed E-state index contributed by atoms with van der Waals surface area (Å²) in [5.41, 5.74) is 2.31. The van der Waals surface area contributed by atoms with Crippen molar-refractivity contribution in [1.82, 2.24) is 20.3 Å². The third kappa shape index (κ3) is 7.68. The summed E-state index contributed by atoms with van der Waals surface area (Å²) in [7, 11) is 0. The van der Waals surface area contributed by atoms with Crippen molar-refractivity contribution in [3.63, 3.8) is 0 Å². The lowest BCUT2D eigenvalue weighted by Crippen LogP contribution is -2.48. The number of amides is 2. The first-order valence-electron chi connectivity index (χ1n) is 10.7. The number of carbonyl (C=O) groups is 2. The lowest BCUT2D eigenvalue weighted by Gasteiger charge is -2.30. The van der Waals surface area contributed by atoms with Crippen molar-refractivity contribution in [1.29, 1.82) is 5.26 Å². The maximum absolute atomic E-state index is 11.6. The van der Waals surface area contributed by atoms with E-state index in [0.29, 0.717) is 16.3 Å². The second-order valence-electron chi connectivity index (χ2n) is 8.31. The third-order valence-electron chi connectivity index (χ3n) is 4.33. The summed E-state index contributed by atoms with van der Waals surface area (Å²) >= 11 is 3.37. The number of hydrazine groups is 1. The summed E-state index contributed by atoms with van der Waals surface area (Å²) in [5.74, 6) is 0.651. The summed E-state index contributed by atoms with van der Waals surface area (Å²) in [6.45, 7) is 4.91. The van der Waals surface area contributed by atoms with Gasteiger partial charge < -0.3 is 19.2 Å². The molecule has 2 amide bonds. The van der Waals surface area contributed by atoms with Crippen molar-refractivity contribution < 1.29 is 28.8 Å². The number of nitrogens with zero attached hydrogens (tertiary/aromatic N) is 5. The number of carbonyl (C=O) groups excluding carboxylic acids is 1. The highest BCUT2D eigenvalue weighted by Crippen LogP contribution is 2.27. The molecule has 1 aliphatic rings. The number of ether oxygens (including phenoxy) is 1. The normalized spacial score (nSPS) is 12.0. The van der Waals surface area contributed by atoms with Gasteiger partial charge in [-0.2, -0.15) is 5.26 Å². The maximum Gasteiger partial charge on any atom is 0.442 e. The van der Waals surface area contributed by atoms with Crippen molar-refractivity contribution in [3.8, 4) is 28.7 Å². The quantitative estimate of drug-likeness (QED) is 0.392. The Balaban J connectivity index is 0.000000209. The Labute approximate surface area is 220 Å². The number of pyridine rings is 1. The molecule has 2 aromatic heterocycles. The highest BCUT2D eigenvalue weighted by Gasteiger charge is 2.32. The van der Waals surface area contributed by atoms with Gasteiger partial charge in [-0.15, -0.1) is 5.17 Å². The molecule has 0 bridgehead atoms. The molecule has 0 unspecified atom stereocenters. The van der Waals surface area contributed by atoms with Crippen LogP contribution in [0, 0.1) is 11.3 Å². The first-order valence-corrected chi connectivity index (χ1v) is 11.5. The maximum atomic E-state index is 11.6. The molecule has 11 nitrogen and oxygen atoms in total. The average molecular weight is 568 g/mol. The van der Waals surface area contributed by atoms with Gasteiger partial charge in [0.1, 0.15) is 17.6 Å². The summed E-state index contributed by atoms with van der Waals surface area (Å²) in [4.78, 5) is 31.6. The van der Waals surface area contributed by atoms with Crippen LogP contribution in [-0.2, 0) is 9.57 Å². The largest absolute Gasteiger partial charge is 0.463 e. The highest BCUT2D eigenvalue weighted by atomic mass is 79.9. The van der Waals surface area contributed by atoms with Crippen LogP contribution >= 0.6 is 15.9 Å². The zero-order valence-corrected chi connectivity index (χ0v) is 21.6. The van der Waals surface area contributed by atoms with Crippen LogP contribution in [0.4, 0.5) is 9.59 Å². The van der Waals surface area contributed by atoms with Crippen LogP contribution in [0.25, 0.3) is 22.6 Å². The van der Waals surface area contributed by atoms with Crippen LogP contribution in [0.2, 0.25) is 0 Å². The standard InChI is InChI=1S/C15H8BrN3O.C10H14N2O5/c16-13-5-12(8-18-9-13)15-6-14(19-20-15)11-3-1-10(7-17)2-4-11;1-10(2,3)17-9(15)12(8(13)14)11-6-4-5-7-16-11/h1-6,8-9H;4-7H,1-3H3,(H,13,14). The van der Waals surface area contributed by atoms with E-state index in [1.54, 1.807) is 51.4 Å². The summed E-state index contributed by atoms with van der Waals surface area (Å²) in [5, 5.41) is 22.9. The number of imide groups is 1. The molecular formula is C25H22BrN5O6. The first-order chi connectivity index (χ1) is 17.6. The van der Waals surface area contributed by atoms with E-state index in [-0.39, 0.29) is 0 Å². The van der Waals surface area contributed by atoms with Gasteiger partial charge >= 0.3 is 12.2 Å². The number of hydrogen-bond donors (Lipinski definition) is 1. The van der Waals surface area contributed by atoms with Crippen molar-refractivity contribution in [2.45, 2.75) is 26.4 Å². The number of halogens is 1. The van der Waals surface area contributed by atoms with E-state index in [9.17, 15) is 9.59 Å². The molecule has 3 aromatic rings. The number of nitriles is 1. The number of aromatic nitrogens is 2. The van der Waals surface area contributed by atoms with Gasteiger partial charge in [0.25, 0.3) is 0 Å². The summed E-state index contributed by atoms with van der Waals surface area (Å²) in [6.07, 6.45) is 6.47. The molecule has 0 spiro atoms. The van der Waals surface area contributed by atoms with Crippen LogP contribution in [-0.4, -0.2) is 43.2 Å². The number of rotatable bonds is 3. The van der Waals surface area contributed by atoms with Crippen molar-refractivity contribution in [3.05, 3.63) is 83.4 Å². The second-order valence-corrected chi connectivity index (χ2v) is 9.23. The van der Waals surface area contributed by atoms with E-state index in [1.165, 1.54) is 18.5 Å². The number of carboxylic acid groups (broad SMARTS) is 1. The minimum atomic E-state index is -1.50. The summed E-state index contributed by atoms with van der Waals surface area (Å²) < 4.78 is 11.2. The molecule has 37 heavy (non-hydrogen) atoms. The molecule has 0 saturated heterocycles. The monoisotopic (exact) mass is 567 g/mol. The van der Waals surface area contributed by atoms with E-state index in [0.717, 1.165) is 26.5 Å². The van der Waals surface area contributed by atoms with Crippen molar-refractivity contribution in [2.24, 2.45) is 0 Å². The van der Waals surface area contributed by atoms with Gasteiger partial charge in [0.2, 0.25) is 0 Å². The van der Waals surface area contributed by atoms with E-state index < -0.39 is 17.8 Å². The molecule has 0 fully saturated rings. The molecule has 1 N–H and O–H groups in total. The van der Waals surface area contributed by atoms with Crippen molar-refractivity contribution >= 4 is 28.1 Å². The van der Waals surface area contributed by atoms with Gasteiger partial charge in [-0.05, 0) is 67.1 Å². The number of hydrogen-bond acceptors (Lipinski definition) is 9. The summed E-state index contributed by atoms with van der Waals surface area (Å²) in [6, 6.07) is 13.1. The third-order valence-corrected chi connectivity index (χ3v) is 4.76. The number of hydroxylamine groups is 1. The minimum Gasteiger partial charge on any atom is -0.463 e. The predicted molar refractivity (Wildman–Crippen MR) is 135 cm³/mol. The van der Waals surface area contributed by atoms with Gasteiger partial charge in [-0.3, -0.25) is 4.98 Å². The zero-order chi connectivity index (χ0) is 27.0. The Morgan fingerprint density at radius 1 is 1.14 bits per heavy atom. The molecule has 4 rings (SSSR count). The zero-order valence-electron chi connectivity index (χ0n) is 20.0. The lowest BCUT2D eigenvalue weighted by molar-refractivity contribution is -0.183. The van der Waals surface area contributed by atoms with Crippen LogP contribution < -0.4 is 0 Å². The van der Waals surface area contributed by atoms with E-state index in [4.69, 9.17) is 24.5 Å². The average Bonchev–Trinajstić information content (AvgIpc) is 3.34. The fourth-order valence-electron chi connectivity index (χ4n) is 2.77. The molecule has 1 aliphatic heterocycles.